The van der Waals surface area contributed by atoms with Crippen molar-refractivity contribution >= 4 is 29.0 Å². The number of halogens is 2. The Morgan fingerprint density at radius 2 is 1.94 bits per heavy atom. The van der Waals surface area contributed by atoms with Gasteiger partial charge < -0.3 is 9.64 Å². The molecule has 1 amide bonds. The molecule has 1 fully saturated rings. The van der Waals surface area contributed by atoms with Gasteiger partial charge in [-0.25, -0.2) is 9.37 Å². The minimum Gasteiger partial charge on any atom is -0.378 e. The van der Waals surface area contributed by atoms with Crippen molar-refractivity contribution < 1.29 is 13.9 Å². The fourth-order valence-corrected chi connectivity index (χ4v) is 4.07. The Morgan fingerprint density at radius 3 is 2.78 bits per heavy atom. The third-order valence-corrected chi connectivity index (χ3v) is 5.84. The van der Waals surface area contributed by atoms with Gasteiger partial charge in [0, 0.05) is 53.0 Å². The predicted octanol–water partition coefficient (Wildman–Crippen LogP) is 4.39. The largest absolute Gasteiger partial charge is 0.378 e. The van der Waals surface area contributed by atoms with Gasteiger partial charge in [0.15, 0.2) is 0 Å². The highest BCUT2D eigenvalue weighted by Gasteiger charge is 2.21. The second-order valence-electron chi connectivity index (χ2n) is 7.69. The molecule has 0 bridgehead atoms. The van der Waals surface area contributed by atoms with Crippen LogP contribution in [0.5, 0.6) is 0 Å². The Morgan fingerprint density at radius 1 is 1.09 bits per heavy atom. The van der Waals surface area contributed by atoms with E-state index >= 15 is 0 Å². The van der Waals surface area contributed by atoms with E-state index in [-0.39, 0.29) is 11.7 Å². The lowest BCUT2D eigenvalue weighted by Crippen LogP contribution is -2.40. The number of hydrazone groups is 1. The van der Waals surface area contributed by atoms with E-state index < -0.39 is 0 Å². The van der Waals surface area contributed by atoms with Crippen LogP contribution in [0.15, 0.2) is 59.8 Å². The Balaban J connectivity index is 1.42. The molecule has 1 aromatic heterocycles. The Labute approximate surface area is 189 Å². The molecule has 162 valence electrons. The van der Waals surface area contributed by atoms with Crippen LogP contribution in [0.2, 0.25) is 5.02 Å². The zero-order valence-electron chi connectivity index (χ0n) is 17.1. The molecule has 32 heavy (non-hydrogen) atoms. The molecule has 0 aliphatic carbocycles. The van der Waals surface area contributed by atoms with E-state index in [1.54, 1.807) is 17.2 Å². The van der Waals surface area contributed by atoms with E-state index in [2.05, 4.69) is 15.5 Å². The third-order valence-electron chi connectivity index (χ3n) is 5.60. The van der Waals surface area contributed by atoms with Gasteiger partial charge in [-0.3, -0.25) is 10.2 Å². The van der Waals surface area contributed by atoms with Crippen LogP contribution in [0.4, 0.5) is 10.2 Å². The van der Waals surface area contributed by atoms with Crippen LogP contribution in [0.25, 0.3) is 11.1 Å². The summed E-state index contributed by atoms with van der Waals surface area (Å²) in [5.74, 6) is 0.242. The standard InChI is InChI=1S/C24H20ClFN4O2/c25-19-4-5-21(26)20(13-19)22-12-17-11-18(14-27-23(17)29-28-22)15-2-1-3-16(10-15)24(31)30-6-8-32-9-7-30/h1-5,10-11,13-14H,6-9,12H2,(H,27,29). The van der Waals surface area contributed by atoms with Crippen molar-refractivity contribution in [3.8, 4) is 11.1 Å². The number of benzene rings is 2. The maximum absolute atomic E-state index is 14.3. The number of rotatable bonds is 3. The zero-order chi connectivity index (χ0) is 22.1. The molecule has 0 spiro atoms. The van der Waals surface area contributed by atoms with Gasteiger partial charge in [-0.2, -0.15) is 5.10 Å². The van der Waals surface area contributed by atoms with Crippen molar-refractivity contribution in [3.63, 3.8) is 0 Å². The molecular weight excluding hydrogens is 431 g/mol. The van der Waals surface area contributed by atoms with Crippen LogP contribution in [0.1, 0.15) is 21.5 Å². The molecule has 2 aliphatic rings. The summed E-state index contributed by atoms with van der Waals surface area (Å²) in [6.45, 7) is 2.31. The normalized spacial score (nSPS) is 15.6. The first-order valence-corrected chi connectivity index (χ1v) is 10.7. The zero-order valence-corrected chi connectivity index (χ0v) is 17.9. The van der Waals surface area contributed by atoms with Crippen molar-refractivity contribution in [2.45, 2.75) is 6.42 Å². The molecule has 2 aromatic carbocycles. The molecule has 6 nitrogen and oxygen atoms in total. The molecular formula is C24H20ClFN4O2. The summed E-state index contributed by atoms with van der Waals surface area (Å²) in [5.41, 5.74) is 7.08. The van der Waals surface area contributed by atoms with Crippen molar-refractivity contribution in [3.05, 3.63) is 82.3 Å². The number of fused-ring (bicyclic) bond motifs is 1. The van der Waals surface area contributed by atoms with E-state index in [1.165, 1.54) is 12.1 Å². The molecule has 0 saturated carbocycles. The second-order valence-corrected chi connectivity index (χ2v) is 8.12. The number of anilines is 1. The number of pyridine rings is 1. The van der Waals surface area contributed by atoms with Gasteiger partial charge >= 0.3 is 0 Å². The number of hydrogen-bond donors (Lipinski definition) is 1. The number of nitrogens with one attached hydrogen (secondary N) is 1. The monoisotopic (exact) mass is 450 g/mol. The van der Waals surface area contributed by atoms with E-state index in [4.69, 9.17) is 16.3 Å². The number of ether oxygens (including phenoxy) is 1. The van der Waals surface area contributed by atoms with Crippen LogP contribution in [0, 0.1) is 5.82 Å². The summed E-state index contributed by atoms with van der Waals surface area (Å²) < 4.78 is 19.7. The topological polar surface area (TPSA) is 66.8 Å². The van der Waals surface area contributed by atoms with Crippen LogP contribution >= 0.6 is 11.6 Å². The van der Waals surface area contributed by atoms with E-state index in [0.717, 1.165) is 16.7 Å². The molecule has 3 heterocycles. The molecule has 2 aliphatic heterocycles. The lowest BCUT2D eigenvalue weighted by atomic mass is 9.97. The maximum atomic E-state index is 14.3. The van der Waals surface area contributed by atoms with E-state index in [0.29, 0.717) is 60.4 Å². The molecule has 1 N–H and O–H groups in total. The highest BCUT2D eigenvalue weighted by molar-refractivity contribution is 6.31. The van der Waals surface area contributed by atoms with E-state index in [1.807, 2.05) is 30.3 Å². The first-order valence-electron chi connectivity index (χ1n) is 10.3. The fourth-order valence-electron chi connectivity index (χ4n) is 3.90. The number of hydrogen-bond acceptors (Lipinski definition) is 5. The molecule has 0 unspecified atom stereocenters. The molecule has 3 aromatic rings. The lowest BCUT2D eigenvalue weighted by molar-refractivity contribution is 0.0303. The van der Waals surface area contributed by atoms with E-state index in [9.17, 15) is 9.18 Å². The van der Waals surface area contributed by atoms with Crippen molar-refractivity contribution in [1.82, 2.24) is 9.88 Å². The van der Waals surface area contributed by atoms with Crippen LogP contribution in [0.3, 0.4) is 0 Å². The van der Waals surface area contributed by atoms with Gasteiger partial charge in [-0.15, -0.1) is 0 Å². The fraction of sp³-hybridized carbons (Fsp3) is 0.208. The maximum Gasteiger partial charge on any atom is 0.254 e. The van der Waals surface area contributed by atoms with Gasteiger partial charge in [-0.05, 0) is 42.0 Å². The molecule has 1 saturated heterocycles. The Hall–Kier alpha value is -3.29. The average molecular weight is 451 g/mol. The minimum absolute atomic E-state index is 0.00594. The minimum atomic E-state index is -0.378. The van der Waals surface area contributed by atoms with Gasteiger partial charge in [0.1, 0.15) is 11.6 Å². The van der Waals surface area contributed by atoms with Crippen molar-refractivity contribution in [2.24, 2.45) is 5.10 Å². The number of morpholine rings is 1. The van der Waals surface area contributed by atoms with Crippen LogP contribution < -0.4 is 5.43 Å². The third kappa shape index (κ3) is 4.09. The highest BCUT2D eigenvalue weighted by atomic mass is 35.5. The van der Waals surface area contributed by atoms with Crippen LogP contribution in [-0.4, -0.2) is 47.8 Å². The average Bonchev–Trinajstić information content (AvgIpc) is 2.85. The second kappa shape index (κ2) is 8.68. The van der Waals surface area contributed by atoms with Gasteiger partial charge in [0.05, 0.1) is 18.9 Å². The smallest absolute Gasteiger partial charge is 0.254 e. The number of aromatic nitrogens is 1. The number of carbonyl (C=O) groups excluding carboxylic acids is 1. The van der Waals surface area contributed by atoms with Gasteiger partial charge in [0.25, 0.3) is 5.91 Å². The van der Waals surface area contributed by atoms with Gasteiger partial charge in [-0.1, -0.05) is 23.7 Å². The first-order chi connectivity index (χ1) is 15.6. The quantitative estimate of drug-likeness (QED) is 0.642. The predicted molar refractivity (Wildman–Crippen MR) is 122 cm³/mol. The summed E-state index contributed by atoms with van der Waals surface area (Å²) in [6.07, 6.45) is 2.15. The molecule has 0 radical (unpaired) electrons. The highest BCUT2D eigenvalue weighted by Crippen LogP contribution is 2.28. The number of carbonyl (C=O) groups is 1. The molecule has 0 atom stereocenters. The van der Waals surface area contributed by atoms with Crippen molar-refractivity contribution in [2.75, 3.05) is 31.7 Å². The summed E-state index contributed by atoms with van der Waals surface area (Å²) in [5, 5.41) is 4.73. The Bertz CT molecular complexity index is 1220. The number of amides is 1. The molecule has 8 heteroatoms. The first kappa shape index (κ1) is 20.6. The van der Waals surface area contributed by atoms with Crippen molar-refractivity contribution in [1.29, 1.82) is 0 Å². The molecule has 5 rings (SSSR count). The number of nitrogens with zero attached hydrogens (tertiary/aromatic N) is 3. The Kier molecular flexibility index (Phi) is 5.59. The summed E-state index contributed by atoms with van der Waals surface area (Å²) in [6, 6.07) is 13.9. The van der Waals surface area contributed by atoms with Crippen LogP contribution in [-0.2, 0) is 11.2 Å². The van der Waals surface area contributed by atoms with Gasteiger partial charge in [0.2, 0.25) is 0 Å². The lowest BCUT2D eigenvalue weighted by Gasteiger charge is -2.27. The summed E-state index contributed by atoms with van der Waals surface area (Å²) in [4.78, 5) is 19.1. The summed E-state index contributed by atoms with van der Waals surface area (Å²) in [7, 11) is 0. The summed E-state index contributed by atoms with van der Waals surface area (Å²) >= 11 is 6.05. The SMILES string of the molecule is O=C(c1cccc(-c2cnc3c(c2)CC(c2cc(Cl)ccc2F)=NN3)c1)N1CCOCC1.